The third kappa shape index (κ3) is 3.86. The number of rotatable bonds is 7. The molecule has 2 aliphatic rings. The van der Waals surface area contributed by atoms with Crippen LogP contribution in [0.4, 0.5) is 8.78 Å². The molecule has 2 bridgehead atoms. The number of amides is 1. The van der Waals surface area contributed by atoms with Crippen LogP contribution in [0.3, 0.4) is 0 Å². The third-order valence-electron chi connectivity index (χ3n) is 8.15. The quantitative estimate of drug-likeness (QED) is 0.446. The first-order chi connectivity index (χ1) is 17.2. The number of carbonyl (C=O) groups excluding carboxylic acids is 2. The van der Waals surface area contributed by atoms with Gasteiger partial charge in [-0.1, -0.05) is 11.3 Å². The minimum atomic E-state index is -0.926. The predicted molar refractivity (Wildman–Crippen MR) is 127 cm³/mol. The minimum Gasteiger partial charge on any atom is -0.497 e. The molecule has 1 amide bonds. The summed E-state index contributed by atoms with van der Waals surface area (Å²) in [7, 11) is 3.28. The molecule has 5 rings (SSSR count). The van der Waals surface area contributed by atoms with Crippen LogP contribution in [-0.4, -0.2) is 45.7 Å². The van der Waals surface area contributed by atoms with Crippen molar-refractivity contribution in [2.24, 2.45) is 5.41 Å². The summed E-state index contributed by atoms with van der Waals surface area (Å²) < 4.78 is 34.1. The average molecular weight is 495 g/mol. The second-order valence-corrected chi connectivity index (χ2v) is 10.1. The van der Waals surface area contributed by atoms with Crippen LogP contribution in [0.2, 0.25) is 0 Å². The Kier molecular flexibility index (Phi) is 5.89. The molecule has 188 valence electrons. The predicted octanol–water partition coefficient (Wildman–Crippen LogP) is 4.67. The molecule has 0 spiro atoms. The fraction of sp³-hybridized carbons (Fsp3) is 0.407. The Balaban J connectivity index is 1.32. The molecule has 3 aromatic rings. The molecule has 7 nitrogen and oxygen atoms in total. The van der Waals surface area contributed by atoms with Crippen molar-refractivity contribution in [3.63, 3.8) is 0 Å². The van der Waals surface area contributed by atoms with Gasteiger partial charge < -0.3 is 9.64 Å². The van der Waals surface area contributed by atoms with Gasteiger partial charge in [0.2, 0.25) is 11.7 Å². The van der Waals surface area contributed by atoms with E-state index in [4.69, 9.17) is 4.74 Å². The van der Waals surface area contributed by atoms with Crippen LogP contribution < -0.4 is 4.74 Å². The highest BCUT2D eigenvalue weighted by Gasteiger charge is 2.60. The van der Waals surface area contributed by atoms with Crippen molar-refractivity contribution in [1.82, 2.24) is 19.9 Å². The Hall–Kier alpha value is -3.62. The van der Waals surface area contributed by atoms with E-state index in [0.29, 0.717) is 36.1 Å². The molecule has 1 atom stereocenters. The van der Waals surface area contributed by atoms with E-state index in [1.807, 2.05) is 6.92 Å². The number of hydrogen-bond acceptors (Lipinski definition) is 5. The molecule has 0 saturated heterocycles. The summed E-state index contributed by atoms with van der Waals surface area (Å²) in [5.74, 6) is -1.40. The number of fused-ring (bicyclic) bond motifs is 2. The molecule has 1 aromatic heterocycles. The van der Waals surface area contributed by atoms with Gasteiger partial charge in [0.05, 0.1) is 30.3 Å². The molecule has 9 heteroatoms. The van der Waals surface area contributed by atoms with Crippen molar-refractivity contribution in [2.75, 3.05) is 14.2 Å². The van der Waals surface area contributed by atoms with Crippen LogP contribution in [0, 0.1) is 17.0 Å². The SMILES string of the molecule is COc1ccc(C(=O)c2cn(C34CCC(C(=O)N(C)C(C)c5ccc(F)c(F)c5)(CC3)C4)nn2)cc1. The largest absolute Gasteiger partial charge is 0.497 e. The van der Waals surface area contributed by atoms with Crippen molar-refractivity contribution >= 4 is 11.7 Å². The van der Waals surface area contributed by atoms with E-state index >= 15 is 0 Å². The highest BCUT2D eigenvalue weighted by molar-refractivity contribution is 6.07. The van der Waals surface area contributed by atoms with Gasteiger partial charge >= 0.3 is 0 Å². The number of benzene rings is 2. The van der Waals surface area contributed by atoms with Gasteiger partial charge in [-0.25, -0.2) is 13.5 Å². The highest BCUT2D eigenvalue weighted by Crippen LogP contribution is 2.60. The van der Waals surface area contributed by atoms with Crippen molar-refractivity contribution in [3.8, 4) is 5.75 Å². The van der Waals surface area contributed by atoms with E-state index < -0.39 is 23.1 Å². The van der Waals surface area contributed by atoms with Crippen molar-refractivity contribution in [2.45, 2.75) is 50.6 Å². The molecule has 0 aliphatic heterocycles. The summed E-state index contributed by atoms with van der Waals surface area (Å²) in [4.78, 5) is 28.2. The van der Waals surface area contributed by atoms with Gasteiger partial charge in [-0.3, -0.25) is 9.59 Å². The number of carbonyl (C=O) groups is 2. The maximum atomic E-state index is 13.8. The van der Waals surface area contributed by atoms with Gasteiger partial charge in [-0.2, -0.15) is 0 Å². The van der Waals surface area contributed by atoms with Crippen LogP contribution in [0.15, 0.2) is 48.7 Å². The third-order valence-corrected chi connectivity index (χ3v) is 8.15. The zero-order valence-electron chi connectivity index (χ0n) is 20.5. The van der Waals surface area contributed by atoms with Crippen molar-refractivity contribution in [1.29, 1.82) is 0 Å². The van der Waals surface area contributed by atoms with Crippen LogP contribution in [-0.2, 0) is 10.3 Å². The molecule has 36 heavy (non-hydrogen) atoms. The van der Waals surface area contributed by atoms with Gasteiger partial charge in [0.1, 0.15) is 5.75 Å². The topological polar surface area (TPSA) is 77.3 Å². The van der Waals surface area contributed by atoms with Gasteiger partial charge in [0, 0.05) is 12.6 Å². The Morgan fingerprint density at radius 3 is 2.39 bits per heavy atom. The lowest BCUT2D eigenvalue weighted by atomic mass is 9.82. The number of aromatic nitrogens is 3. The van der Waals surface area contributed by atoms with E-state index in [1.165, 1.54) is 6.07 Å². The van der Waals surface area contributed by atoms with Crippen LogP contribution >= 0.6 is 0 Å². The van der Waals surface area contributed by atoms with E-state index in [0.717, 1.165) is 25.0 Å². The Bertz CT molecular complexity index is 1310. The summed E-state index contributed by atoms with van der Waals surface area (Å²) in [6, 6.07) is 10.2. The summed E-state index contributed by atoms with van der Waals surface area (Å²) in [5.41, 5.74) is 0.382. The first-order valence-electron chi connectivity index (χ1n) is 12.0. The first kappa shape index (κ1) is 24.1. The van der Waals surface area contributed by atoms with Gasteiger partial charge in [-0.15, -0.1) is 5.10 Å². The lowest BCUT2D eigenvalue weighted by Gasteiger charge is -2.34. The van der Waals surface area contributed by atoms with Gasteiger partial charge in [-0.05, 0) is 81.0 Å². The zero-order valence-corrected chi connectivity index (χ0v) is 20.5. The molecule has 1 heterocycles. The monoisotopic (exact) mass is 494 g/mol. The highest BCUT2D eigenvalue weighted by atomic mass is 19.2. The molecular formula is C27H28F2N4O3. The van der Waals surface area contributed by atoms with Crippen LogP contribution in [0.5, 0.6) is 5.75 Å². The maximum Gasteiger partial charge on any atom is 0.229 e. The molecule has 2 saturated carbocycles. The number of methoxy groups -OCH3 is 1. The number of ether oxygens (including phenoxy) is 1. The Labute approximate surface area is 208 Å². The molecule has 2 fully saturated rings. The molecular weight excluding hydrogens is 466 g/mol. The summed E-state index contributed by atoms with van der Waals surface area (Å²) >= 11 is 0. The normalized spacial score (nSPS) is 23.5. The minimum absolute atomic E-state index is 0.00578. The van der Waals surface area contributed by atoms with Crippen LogP contribution in [0.1, 0.15) is 66.7 Å². The number of ketones is 1. The molecule has 0 radical (unpaired) electrons. The van der Waals surface area contributed by atoms with E-state index in [9.17, 15) is 18.4 Å². The zero-order chi connectivity index (χ0) is 25.7. The molecule has 2 aromatic carbocycles. The summed E-state index contributed by atoms with van der Waals surface area (Å²) in [6.07, 6.45) is 5.20. The Morgan fingerprint density at radius 1 is 1.06 bits per heavy atom. The standard InChI is InChI=1S/C27H28F2N4O3/c1-17(19-6-9-21(28)22(29)14-19)32(2)25(35)26-10-12-27(16-26,13-11-26)33-15-23(30-31-33)24(34)18-4-7-20(36-3)8-5-18/h4-9,14-15,17H,10-13,16H2,1-3H3. The number of nitrogens with zero attached hydrogens (tertiary/aromatic N) is 4. The van der Waals surface area contributed by atoms with Gasteiger partial charge in [0.15, 0.2) is 17.3 Å². The van der Waals surface area contributed by atoms with Gasteiger partial charge in [0.25, 0.3) is 0 Å². The lowest BCUT2D eigenvalue weighted by molar-refractivity contribution is -0.142. The summed E-state index contributed by atoms with van der Waals surface area (Å²) in [6.45, 7) is 1.81. The maximum absolute atomic E-state index is 13.8. The van der Waals surface area contributed by atoms with E-state index in [1.54, 1.807) is 54.2 Å². The Morgan fingerprint density at radius 2 is 1.75 bits per heavy atom. The smallest absolute Gasteiger partial charge is 0.229 e. The van der Waals surface area contributed by atoms with E-state index in [2.05, 4.69) is 10.3 Å². The lowest BCUT2D eigenvalue weighted by Crippen LogP contribution is -2.41. The second-order valence-electron chi connectivity index (χ2n) is 10.1. The fourth-order valence-corrected chi connectivity index (χ4v) is 5.81. The van der Waals surface area contributed by atoms with Crippen LogP contribution in [0.25, 0.3) is 0 Å². The average Bonchev–Trinajstić information content (AvgIpc) is 3.64. The number of halogens is 2. The molecule has 0 N–H and O–H groups in total. The summed E-state index contributed by atoms with van der Waals surface area (Å²) in [5, 5.41) is 8.45. The molecule has 1 unspecified atom stereocenters. The van der Waals surface area contributed by atoms with Crippen molar-refractivity contribution < 1.29 is 23.1 Å². The second kappa shape index (κ2) is 8.80. The number of hydrogen-bond donors (Lipinski definition) is 0. The first-order valence-corrected chi connectivity index (χ1v) is 12.0. The fourth-order valence-electron chi connectivity index (χ4n) is 5.81. The van der Waals surface area contributed by atoms with Crippen molar-refractivity contribution in [3.05, 3.63) is 77.1 Å². The molecule has 2 aliphatic carbocycles. The van der Waals surface area contributed by atoms with E-state index in [-0.39, 0.29) is 22.9 Å².